The fraction of sp³-hybridized carbons (Fsp3) is 0.875. The van der Waals surface area contributed by atoms with Gasteiger partial charge < -0.3 is 14.5 Å². The van der Waals surface area contributed by atoms with Crippen LogP contribution in [0.25, 0.3) is 0 Å². The maximum absolute atomic E-state index is 12.3. The molecule has 15 heavy (non-hydrogen) atoms. The Kier molecular flexibility index (Phi) is 2.72. The molecule has 2 aliphatic rings. The van der Waals surface area contributed by atoms with Crippen LogP contribution in [0.5, 0.6) is 0 Å². The first-order valence-electron chi connectivity index (χ1n) is 4.69. The van der Waals surface area contributed by atoms with Crippen molar-refractivity contribution in [1.29, 1.82) is 0 Å². The van der Waals surface area contributed by atoms with Gasteiger partial charge in [0.05, 0.1) is 19.6 Å². The van der Waals surface area contributed by atoms with E-state index < -0.39 is 12.3 Å². The minimum Gasteiger partial charge on any atom is -0.381 e. The SMILES string of the molecule is FC(F)(F)C1CC(N2CCOCC2)=NO1. The molecule has 0 aliphatic carbocycles. The zero-order valence-corrected chi connectivity index (χ0v) is 7.96. The molecule has 2 heterocycles. The minimum atomic E-state index is -4.34. The number of hydrogen-bond donors (Lipinski definition) is 0. The average Bonchev–Trinajstić information content (AvgIpc) is 2.67. The van der Waals surface area contributed by atoms with E-state index >= 15 is 0 Å². The maximum Gasteiger partial charge on any atom is 0.428 e. The van der Waals surface area contributed by atoms with Crippen LogP contribution in [0.2, 0.25) is 0 Å². The highest BCUT2D eigenvalue weighted by molar-refractivity contribution is 5.83. The molecule has 0 spiro atoms. The summed E-state index contributed by atoms with van der Waals surface area (Å²) in [5, 5.41) is 3.47. The lowest BCUT2D eigenvalue weighted by Crippen LogP contribution is -2.41. The highest BCUT2D eigenvalue weighted by Crippen LogP contribution is 2.29. The molecule has 4 nitrogen and oxygen atoms in total. The van der Waals surface area contributed by atoms with Gasteiger partial charge in [0.15, 0.2) is 0 Å². The van der Waals surface area contributed by atoms with Gasteiger partial charge in [-0.3, -0.25) is 0 Å². The molecule has 7 heteroatoms. The third-order valence-corrected chi connectivity index (χ3v) is 2.39. The van der Waals surface area contributed by atoms with Gasteiger partial charge in [0, 0.05) is 13.1 Å². The van der Waals surface area contributed by atoms with Crippen molar-refractivity contribution < 1.29 is 22.7 Å². The third-order valence-electron chi connectivity index (χ3n) is 2.39. The lowest BCUT2D eigenvalue weighted by Gasteiger charge is -2.27. The van der Waals surface area contributed by atoms with Gasteiger partial charge in [-0.25, -0.2) is 0 Å². The summed E-state index contributed by atoms with van der Waals surface area (Å²) < 4.78 is 41.9. The average molecular weight is 224 g/mol. The Balaban J connectivity index is 1.91. The van der Waals surface area contributed by atoms with Crippen LogP contribution in [-0.2, 0) is 9.57 Å². The van der Waals surface area contributed by atoms with Gasteiger partial charge in [-0.2, -0.15) is 13.2 Å². The van der Waals surface area contributed by atoms with Crippen LogP contribution in [-0.4, -0.2) is 49.3 Å². The molecular weight excluding hydrogens is 213 g/mol. The molecule has 0 bridgehead atoms. The molecule has 2 aliphatic heterocycles. The zero-order chi connectivity index (χ0) is 10.9. The highest BCUT2D eigenvalue weighted by Gasteiger charge is 2.46. The number of halogens is 3. The Morgan fingerprint density at radius 3 is 2.47 bits per heavy atom. The van der Waals surface area contributed by atoms with Crippen molar-refractivity contribution in [2.24, 2.45) is 5.16 Å². The number of morpholine rings is 1. The van der Waals surface area contributed by atoms with Crippen LogP contribution in [0.15, 0.2) is 5.16 Å². The van der Waals surface area contributed by atoms with Crippen molar-refractivity contribution in [3.05, 3.63) is 0 Å². The van der Waals surface area contributed by atoms with E-state index in [2.05, 4.69) is 9.99 Å². The van der Waals surface area contributed by atoms with Gasteiger partial charge in [-0.05, 0) is 0 Å². The molecule has 1 unspecified atom stereocenters. The molecule has 2 rings (SSSR count). The highest BCUT2D eigenvalue weighted by atomic mass is 19.4. The van der Waals surface area contributed by atoms with E-state index in [1.807, 2.05) is 0 Å². The lowest BCUT2D eigenvalue weighted by atomic mass is 10.2. The predicted octanol–water partition coefficient (Wildman–Crippen LogP) is 0.983. The fourth-order valence-corrected chi connectivity index (χ4v) is 1.55. The van der Waals surface area contributed by atoms with E-state index in [4.69, 9.17) is 4.74 Å². The molecule has 0 N–H and O–H groups in total. The van der Waals surface area contributed by atoms with E-state index in [9.17, 15) is 13.2 Å². The van der Waals surface area contributed by atoms with E-state index in [-0.39, 0.29) is 6.42 Å². The number of rotatable bonds is 0. The van der Waals surface area contributed by atoms with Gasteiger partial charge in [-0.15, -0.1) is 0 Å². The summed E-state index contributed by atoms with van der Waals surface area (Å²) in [4.78, 5) is 6.14. The maximum atomic E-state index is 12.3. The summed E-state index contributed by atoms with van der Waals surface area (Å²) in [6, 6.07) is 0. The molecular formula is C8H11F3N2O2. The number of ether oxygens (including phenoxy) is 1. The van der Waals surface area contributed by atoms with Crippen molar-refractivity contribution in [2.45, 2.75) is 18.7 Å². The Morgan fingerprint density at radius 2 is 1.93 bits per heavy atom. The summed E-state index contributed by atoms with van der Waals surface area (Å²) >= 11 is 0. The van der Waals surface area contributed by atoms with Crippen LogP contribution >= 0.6 is 0 Å². The summed E-state index contributed by atoms with van der Waals surface area (Å²) in [5.74, 6) is 0.376. The van der Waals surface area contributed by atoms with Crippen LogP contribution in [0.1, 0.15) is 6.42 Å². The van der Waals surface area contributed by atoms with Gasteiger partial charge in [0.2, 0.25) is 6.10 Å². The molecule has 86 valence electrons. The second kappa shape index (κ2) is 3.88. The number of alkyl halides is 3. The molecule has 0 aromatic carbocycles. The monoisotopic (exact) mass is 224 g/mol. The van der Waals surface area contributed by atoms with Crippen molar-refractivity contribution >= 4 is 5.84 Å². The van der Waals surface area contributed by atoms with Crippen molar-refractivity contribution in [3.8, 4) is 0 Å². The van der Waals surface area contributed by atoms with Crippen LogP contribution in [0, 0.1) is 0 Å². The zero-order valence-electron chi connectivity index (χ0n) is 7.96. The van der Waals surface area contributed by atoms with Gasteiger partial charge >= 0.3 is 6.18 Å². The summed E-state index contributed by atoms with van der Waals surface area (Å²) in [6.45, 7) is 2.20. The fourth-order valence-electron chi connectivity index (χ4n) is 1.55. The largest absolute Gasteiger partial charge is 0.428 e. The Bertz CT molecular complexity index is 261. The van der Waals surface area contributed by atoms with Gasteiger partial charge in [0.25, 0.3) is 0 Å². The summed E-state index contributed by atoms with van der Waals surface area (Å²) in [6.07, 6.45) is -6.31. The van der Waals surface area contributed by atoms with Gasteiger partial charge in [-0.1, -0.05) is 5.16 Å². The van der Waals surface area contributed by atoms with Crippen LogP contribution < -0.4 is 0 Å². The molecule has 0 saturated carbocycles. The second-order valence-electron chi connectivity index (χ2n) is 3.45. The van der Waals surface area contributed by atoms with Crippen molar-refractivity contribution in [2.75, 3.05) is 26.3 Å². The standard InChI is InChI=1S/C8H11F3N2O2/c9-8(10,11)6-5-7(12-15-6)13-1-3-14-4-2-13/h6H,1-5H2. The first-order valence-corrected chi connectivity index (χ1v) is 4.69. The quantitative estimate of drug-likeness (QED) is 0.615. The first-order chi connectivity index (χ1) is 7.07. The topological polar surface area (TPSA) is 34.1 Å². The molecule has 0 radical (unpaired) electrons. The second-order valence-corrected chi connectivity index (χ2v) is 3.45. The minimum absolute atomic E-state index is 0.191. The number of hydrogen-bond acceptors (Lipinski definition) is 4. The third kappa shape index (κ3) is 2.34. The molecule has 0 aromatic rings. The van der Waals surface area contributed by atoms with E-state index in [0.29, 0.717) is 32.1 Å². The Hall–Kier alpha value is -0.980. The predicted molar refractivity (Wildman–Crippen MR) is 45.4 cm³/mol. The number of nitrogens with zero attached hydrogens (tertiary/aromatic N) is 2. The van der Waals surface area contributed by atoms with Crippen LogP contribution in [0.3, 0.4) is 0 Å². The first kappa shape index (κ1) is 10.5. The Morgan fingerprint density at radius 1 is 1.27 bits per heavy atom. The number of amidine groups is 1. The van der Waals surface area contributed by atoms with Crippen molar-refractivity contribution in [1.82, 2.24) is 4.90 Å². The smallest absolute Gasteiger partial charge is 0.381 e. The summed E-state index contributed by atoms with van der Waals surface area (Å²) in [5.41, 5.74) is 0. The van der Waals surface area contributed by atoms with E-state index in [0.717, 1.165) is 0 Å². The summed E-state index contributed by atoms with van der Waals surface area (Å²) in [7, 11) is 0. The molecule has 1 atom stereocenters. The van der Waals surface area contributed by atoms with Crippen molar-refractivity contribution in [3.63, 3.8) is 0 Å². The number of oxime groups is 1. The van der Waals surface area contributed by atoms with E-state index in [1.165, 1.54) is 0 Å². The van der Waals surface area contributed by atoms with Crippen LogP contribution in [0.4, 0.5) is 13.2 Å². The molecule has 0 aromatic heterocycles. The molecule has 1 fully saturated rings. The molecule has 0 amide bonds. The normalized spacial score (nSPS) is 27.5. The molecule has 1 saturated heterocycles. The van der Waals surface area contributed by atoms with E-state index in [1.54, 1.807) is 4.90 Å². The Labute approximate surface area is 84.6 Å². The van der Waals surface area contributed by atoms with Gasteiger partial charge in [0.1, 0.15) is 5.84 Å². The lowest BCUT2D eigenvalue weighted by molar-refractivity contribution is -0.212.